The van der Waals surface area contributed by atoms with Crippen molar-refractivity contribution in [2.24, 2.45) is 0 Å². The molecule has 4 aromatic heterocycles. The number of nitrogens with zero attached hydrogens (tertiary/aromatic N) is 6. The van der Waals surface area contributed by atoms with Gasteiger partial charge in [0.1, 0.15) is 5.82 Å². The van der Waals surface area contributed by atoms with Gasteiger partial charge in [-0.25, -0.2) is 9.07 Å². The molecule has 0 atom stereocenters. The fourth-order valence-electron chi connectivity index (χ4n) is 3.85. The molecule has 0 saturated heterocycles. The zero-order chi connectivity index (χ0) is 21.7. The molecule has 9 heteroatoms. The monoisotopic (exact) mass is 443 g/mol. The lowest BCUT2D eigenvalue weighted by atomic mass is 10.1. The van der Waals surface area contributed by atoms with Gasteiger partial charge in [0.15, 0.2) is 0 Å². The quantitative estimate of drug-likeness (QED) is 0.416. The Hall–Kier alpha value is -4.04. The highest BCUT2D eigenvalue weighted by Crippen LogP contribution is 2.29. The Balaban J connectivity index is 1.45. The molecule has 6 rings (SSSR count). The summed E-state index contributed by atoms with van der Waals surface area (Å²) in [6.45, 7) is 0.439. The number of benzene rings is 2. The van der Waals surface area contributed by atoms with E-state index in [0.717, 1.165) is 28.0 Å². The topological polar surface area (TPSA) is 77.2 Å². The van der Waals surface area contributed by atoms with Gasteiger partial charge in [0.05, 0.1) is 57.5 Å². The van der Waals surface area contributed by atoms with Gasteiger partial charge in [-0.15, -0.1) is 0 Å². The van der Waals surface area contributed by atoms with Crippen LogP contribution < -0.4 is 0 Å². The molecule has 2 aromatic carbocycles. The van der Waals surface area contributed by atoms with Crippen molar-refractivity contribution in [2.45, 2.75) is 6.54 Å². The third-order valence-electron chi connectivity index (χ3n) is 5.42. The first-order chi connectivity index (χ1) is 15.7. The number of pyridine rings is 1. The molecule has 32 heavy (non-hydrogen) atoms. The number of rotatable bonds is 4. The Morgan fingerprint density at radius 2 is 1.91 bits per heavy atom. The van der Waals surface area contributed by atoms with E-state index in [1.807, 2.05) is 36.4 Å². The summed E-state index contributed by atoms with van der Waals surface area (Å²) in [6.07, 6.45) is 6.59. The zero-order valence-corrected chi connectivity index (χ0v) is 17.3. The highest BCUT2D eigenvalue weighted by atomic mass is 35.5. The predicted octanol–water partition coefficient (Wildman–Crippen LogP) is 5.00. The Bertz CT molecular complexity index is 1580. The number of nitrogens with one attached hydrogen (secondary N) is 1. The molecule has 0 fully saturated rings. The lowest BCUT2D eigenvalue weighted by molar-refractivity contribution is 0.639. The molecular formula is C23H15ClFN7. The van der Waals surface area contributed by atoms with Crippen molar-refractivity contribution in [2.75, 3.05) is 0 Å². The molecule has 7 nitrogen and oxygen atoms in total. The summed E-state index contributed by atoms with van der Waals surface area (Å²) in [6, 6.07) is 14.7. The summed E-state index contributed by atoms with van der Waals surface area (Å²) in [5.74, 6) is -0.344. The molecule has 156 valence electrons. The van der Waals surface area contributed by atoms with Gasteiger partial charge in [-0.2, -0.15) is 15.3 Å². The molecule has 6 aromatic rings. The van der Waals surface area contributed by atoms with E-state index in [-0.39, 0.29) is 5.82 Å². The van der Waals surface area contributed by atoms with Crippen LogP contribution in [0.15, 0.2) is 73.3 Å². The molecule has 1 N–H and O–H groups in total. The summed E-state index contributed by atoms with van der Waals surface area (Å²) in [5.41, 5.74) is 4.64. The summed E-state index contributed by atoms with van der Waals surface area (Å²) in [4.78, 5) is 4.33. The first-order valence-electron chi connectivity index (χ1n) is 9.89. The van der Waals surface area contributed by atoms with Gasteiger partial charge in [0.2, 0.25) is 0 Å². The SMILES string of the molecule is Fc1cc(-c2ccnn2Cc2ccc(Cl)cn2)cc2c1cnn2-c1ccc2cn[nH]c2c1. The summed E-state index contributed by atoms with van der Waals surface area (Å²) in [7, 11) is 0. The molecule has 4 heterocycles. The molecule has 0 unspecified atom stereocenters. The van der Waals surface area contributed by atoms with Crippen LogP contribution in [0, 0.1) is 5.82 Å². The Morgan fingerprint density at radius 1 is 0.969 bits per heavy atom. The third kappa shape index (κ3) is 3.12. The van der Waals surface area contributed by atoms with Crippen molar-refractivity contribution in [3.8, 4) is 16.9 Å². The van der Waals surface area contributed by atoms with Gasteiger partial charge in [0.25, 0.3) is 0 Å². The second-order valence-electron chi connectivity index (χ2n) is 7.43. The molecule has 0 spiro atoms. The van der Waals surface area contributed by atoms with Gasteiger partial charge in [-0.05, 0) is 48.5 Å². The first kappa shape index (κ1) is 18.7. The highest BCUT2D eigenvalue weighted by molar-refractivity contribution is 6.30. The number of H-pyrrole nitrogens is 1. The van der Waals surface area contributed by atoms with Crippen LogP contribution in [0.3, 0.4) is 0 Å². The largest absolute Gasteiger partial charge is 0.278 e. The minimum absolute atomic E-state index is 0.344. The summed E-state index contributed by atoms with van der Waals surface area (Å²) >= 11 is 5.93. The second kappa shape index (κ2) is 7.28. The van der Waals surface area contributed by atoms with Crippen LogP contribution in [0.5, 0.6) is 0 Å². The highest BCUT2D eigenvalue weighted by Gasteiger charge is 2.15. The van der Waals surface area contributed by atoms with Crippen LogP contribution in [0.2, 0.25) is 5.02 Å². The van der Waals surface area contributed by atoms with Gasteiger partial charge >= 0.3 is 0 Å². The van der Waals surface area contributed by atoms with Crippen molar-refractivity contribution in [3.05, 3.63) is 89.9 Å². The summed E-state index contributed by atoms with van der Waals surface area (Å²) < 4.78 is 18.6. The second-order valence-corrected chi connectivity index (χ2v) is 7.87. The number of halogens is 2. The zero-order valence-electron chi connectivity index (χ0n) is 16.6. The van der Waals surface area contributed by atoms with Crippen molar-refractivity contribution < 1.29 is 4.39 Å². The van der Waals surface area contributed by atoms with Gasteiger partial charge in [0, 0.05) is 23.3 Å². The number of hydrogen-bond acceptors (Lipinski definition) is 4. The maximum absolute atomic E-state index is 15.0. The van der Waals surface area contributed by atoms with Crippen molar-refractivity contribution >= 4 is 33.4 Å². The molecule has 0 aliphatic heterocycles. The lowest BCUT2D eigenvalue weighted by Crippen LogP contribution is -2.05. The number of aromatic amines is 1. The van der Waals surface area contributed by atoms with Crippen LogP contribution in [-0.4, -0.2) is 34.7 Å². The fourth-order valence-corrected chi connectivity index (χ4v) is 3.96. The number of aromatic nitrogens is 7. The lowest BCUT2D eigenvalue weighted by Gasteiger charge is -2.10. The summed E-state index contributed by atoms with van der Waals surface area (Å²) in [5, 5.41) is 17.9. The average molecular weight is 444 g/mol. The van der Waals surface area contributed by atoms with Crippen LogP contribution in [0.4, 0.5) is 4.39 Å². The maximum atomic E-state index is 15.0. The van der Waals surface area contributed by atoms with E-state index in [1.165, 1.54) is 6.07 Å². The Kier molecular flexibility index (Phi) is 4.26. The van der Waals surface area contributed by atoms with Crippen LogP contribution >= 0.6 is 11.6 Å². The average Bonchev–Trinajstić information content (AvgIpc) is 3.54. The van der Waals surface area contributed by atoms with E-state index >= 15 is 4.39 Å². The van der Waals surface area contributed by atoms with E-state index in [9.17, 15) is 0 Å². The minimum atomic E-state index is -0.344. The number of hydrogen-bond donors (Lipinski definition) is 1. The van der Waals surface area contributed by atoms with Crippen molar-refractivity contribution in [1.29, 1.82) is 0 Å². The van der Waals surface area contributed by atoms with Crippen LogP contribution in [-0.2, 0) is 6.54 Å². The molecule has 0 aliphatic carbocycles. The van der Waals surface area contributed by atoms with Gasteiger partial charge in [-0.3, -0.25) is 14.8 Å². The van der Waals surface area contributed by atoms with E-state index < -0.39 is 0 Å². The predicted molar refractivity (Wildman–Crippen MR) is 120 cm³/mol. The molecule has 0 amide bonds. The van der Waals surface area contributed by atoms with E-state index in [1.54, 1.807) is 40.2 Å². The molecule has 0 bridgehead atoms. The Labute approximate surface area is 186 Å². The number of fused-ring (bicyclic) bond motifs is 2. The standard InChI is InChI=1S/C23H15ClFN7/c24-16-2-3-17(26-11-16)13-31-22(5-6-28-31)15-7-20(25)19-12-29-32(23(19)8-15)18-4-1-14-10-27-30-21(14)9-18/h1-12H,13H2,(H,27,30). The fraction of sp³-hybridized carbons (Fsp3) is 0.0435. The molecule has 0 radical (unpaired) electrons. The van der Waals surface area contributed by atoms with Gasteiger partial charge < -0.3 is 0 Å². The van der Waals surface area contributed by atoms with Crippen LogP contribution in [0.1, 0.15) is 5.69 Å². The molecule has 0 aliphatic rings. The maximum Gasteiger partial charge on any atom is 0.134 e. The van der Waals surface area contributed by atoms with E-state index in [0.29, 0.717) is 28.0 Å². The van der Waals surface area contributed by atoms with Gasteiger partial charge in [-0.1, -0.05) is 11.6 Å². The Morgan fingerprint density at radius 3 is 2.78 bits per heavy atom. The van der Waals surface area contributed by atoms with Crippen LogP contribution in [0.25, 0.3) is 38.8 Å². The third-order valence-corrected chi connectivity index (χ3v) is 5.64. The van der Waals surface area contributed by atoms with Crippen molar-refractivity contribution in [1.82, 2.24) is 34.7 Å². The minimum Gasteiger partial charge on any atom is -0.278 e. The normalized spacial score (nSPS) is 11.6. The van der Waals surface area contributed by atoms with Crippen molar-refractivity contribution in [3.63, 3.8) is 0 Å². The molecule has 0 saturated carbocycles. The first-order valence-corrected chi connectivity index (χ1v) is 10.3. The van der Waals surface area contributed by atoms with E-state index in [4.69, 9.17) is 11.6 Å². The van der Waals surface area contributed by atoms with E-state index in [2.05, 4.69) is 25.4 Å². The molecular weight excluding hydrogens is 429 g/mol. The smallest absolute Gasteiger partial charge is 0.134 e.